The summed E-state index contributed by atoms with van der Waals surface area (Å²) in [4.78, 5) is 9.88. The van der Waals surface area contributed by atoms with Gasteiger partial charge in [-0.25, -0.2) is 13.1 Å². The first-order chi connectivity index (χ1) is 13.9. The smallest absolute Gasteiger partial charge is 0.268 e. The molecule has 3 heterocycles. The molecule has 0 spiro atoms. The number of benzene rings is 1. The lowest BCUT2D eigenvalue weighted by Gasteiger charge is -2.05. The zero-order valence-electron chi connectivity index (χ0n) is 15.2. The van der Waals surface area contributed by atoms with E-state index in [9.17, 15) is 8.42 Å². The molecule has 0 aliphatic carbocycles. The summed E-state index contributed by atoms with van der Waals surface area (Å²) in [5.74, 6) is 0.662. The first kappa shape index (κ1) is 19.7. The summed E-state index contributed by atoms with van der Waals surface area (Å²) in [5, 5.41) is 4.58. The molecule has 1 N–H and O–H groups in total. The molecule has 1 aromatic carbocycles. The van der Waals surface area contributed by atoms with Gasteiger partial charge in [-0.3, -0.25) is 4.98 Å². The third-order valence-corrected chi connectivity index (χ3v) is 7.02. The lowest BCUT2D eigenvalue weighted by Crippen LogP contribution is -2.23. The second-order valence-electron chi connectivity index (χ2n) is 6.11. The van der Waals surface area contributed by atoms with E-state index in [-0.39, 0.29) is 17.3 Å². The van der Waals surface area contributed by atoms with Gasteiger partial charge in [0.2, 0.25) is 15.8 Å². The molecule has 3 aromatic heterocycles. The Morgan fingerprint density at radius 3 is 2.69 bits per heavy atom. The van der Waals surface area contributed by atoms with Gasteiger partial charge < -0.3 is 4.52 Å². The van der Waals surface area contributed by atoms with Crippen LogP contribution in [0.15, 0.2) is 64.1 Å². The molecule has 0 fully saturated rings. The van der Waals surface area contributed by atoms with Crippen molar-refractivity contribution >= 4 is 33.0 Å². The van der Waals surface area contributed by atoms with E-state index in [1.165, 1.54) is 11.3 Å². The average molecular weight is 447 g/mol. The van der Waals surface area contributed by atoms with E-state index in [0.717, 1.165) is 5.56 Å². The van der Waals surface area contributed by atoms with Crippen molar-refractivity contribution in [2.75, 3.05) is 0 Å². The number of hydrogen-bond donors (Lipinski definition) is 1. The van der Waals surface area contributed by atoms with E-state index in [1.807, 2.05) is 0 Å². The van der Waals surface area contributed by atoms with Crippen LogP contribution in [0.5, 0.6) is 0 Å². The van der Waals surface area contributed by atoms with Crippen LogP contribution in [0.25, 0.3) is 22.2 Å². The van der Waals surface area contributed by atoms with Gasteiger partial charge in [-0.05, 0) is 49.4 Å². The van der Waals surface area contributed by atoms with Crippen molar-refractivity contribution < 1.29 is 12.9 Å². The van der Waals surface area contributed by atoms with Crippen molar-refractivity contribution in [2.45, 2.75) is 18.4 Å². The van der Waals surface area contributed by atoms with Crippen LogP contribution in [0.2, 0.25) is 5.02 Å². The highest BCUT2D eigenvalue weighted by atomic mass is 35.5. The maximum absolute atomic E-state index is 12.7. The number of aryl methyl sites for hydroxylation is 1. The number of nitrogens with one attached hydrogen (secondary N) is 1. The van der Waals surface area contributed by atoms with Gasteiger partial charge in [0.25, 0.3) is 5.89 Å². The minimum atomic E-state index is -3.71. The van der Waals surface area contributed by atoms with Crippen LogP contribution >= 0.6 is 22.9 Å². The molecule has 0 aliphatic heterocycles. The summed E-state index contributed by atoms with van der Waals surface area (Å²) >= 11 is 7.17. The fourth-order valence-corrected chi connectivity index (χ4v) is 5.26. The van der Waals surface area contributed by atoms with Crippen LogP contribution in [0, 0.1) is 6.92 Å². The molecule has 7 nitrogen and oxygen atoms in total. The normalized spacial score (nSPS) is 11.7. The molecule has 10 heteroatoms. The van der Waals surface area contributed by atoms with E-state index < -0.39 is 10.0 Å². The van der Waals surface area contributed by atoms with Crippen LogP contribution in [0.4, 0.5) is 0 Å². The quantitative estimate of drug-likeness (QED) is 0.474. The Balaban J connectivity index is 1.57. The van der Waals surface area contributed by atoms with E-state index in [0.29, 0.717) is 26.3 Å². The SMILES string of the molecule is Cc1sc(-c2nc(-c3ccc(Cl)cc3)no2)cc1S(=O)(=O)NCc1ccccn1. The molecule has 4 aromatic rings. The highest BCUT2D eigenvalue weighted by Gasteiger charge is 2.23. The van der Waals surface area contributed by atoms with Gasteiger partial charge >= 0.3 is 0 Å². The van der Waals surface area contributed by atoms with Gasteiger partial charge in [0.15, 0.2) is 0 Å². The number of rotatable bonds is 6. The monoisotopic (exact) mass is 446 g/mol. The van der Waals surface area contributed by atoms with E-state index >= 15 is 0 Å². The molecule has 29 heavy (non-hydrogen) atoms. The summed E-state index contributed by atoms with van der Waals surface area (Å²) in [6.45, 7) is 1.84. The minimum Gasteiger partial charge on any atom is -0.333 e. The van der Waals surface area contributed by atoms with Gasteiger partial charge in [0.05, 0.1) is 22.0 Å². The Morgan fingerprint density at radius 1 is 1.17 bits per heavy atom. The predicted octanol–water partition coefficient (Wildman–Crippen LogP) is 4.30. The molecular formula is C19H15ClN4O3S2. The molecule has 0 radical (unpaired) electrons. The average Bonchev–Trinajstić information content (AvgIpc) is 3.35. The lowest BCUT2D eigenvalue weighted by molar-refractivity contribution is 0.433. The van der Waals surface area contributed by atoms with Crippen molar-refractivity contribution in [1.82, 2.24) is 19.8 Å². The maximum atomic E-state index is 12.7. The van der Waals surface area contributed by atoms with E-state index in [2.05, 4.69) is 19.8 Å². The van der Waals surface area contributed by atoms with Gasteiger partial charge in [-0.15, -0.1) is 11.3 Å². The number of pyridine rings is 1. The molecule has 0 aliphatic rings. The molecule has 0 amide bonds. The third-order valence-electron chi connectivity index (χ3n) is 4.07. The molecule has 0 bridgehead atoms. The molecule has 0 saturated carbocycles. The summed E-state index contributed by atoms with van der Waals surface area (Å²) in [5.41, 5.74) is 1.39. The Morgan fingerprint density at radius 2 is 1.97 bits per heavy atom. The van der Waals surface area contributed by atoms with Gasteiger partial charge in [-0.2, -0.15) is 4.98 Å². The van der Waals surface area contributed by atoms with Crippen LogP contribution in [0.3, 0.4) is 0 Å². The summed E-state index contributed by atoms with van der Waals surface area (Å²) < 4.78 is 33.3. The molecule has 148 valence electrons. The molecule has 0 atom stereocenters. The maximum Gasteiger partial charge on any atom is 0.268 e. The first-order valence-corrected chi connectivity index (χ1v) is 11.2. The Labute approximate surface area is 176 Å². The Hall–Kier alpha value is -2.59. The zero-order chi connectivity index (χ0) is 20.4. The molecular weight excluding hydrogens is 432 g/mol. The summed E-state index contributed by atoms with van der Waals surface area (Å²) in [6.07, 6.45) is 1.62. The number of nitrogens with zero attached hydrogens (tertiary/aromatic N) is 3. The fourth-order valence-electron chi connectivity index (χ4n) is 2.63. The summed E-state index contributed by atoms with van der Waals surface area (Å²) in [6, 6.07) is 13.9. The van der Waals surface area contributed by atoms with E-state index in [1.54, 1.807) is 61.7 Å². The van der Waals surface area contributed by atoms with Gasteiger partial charge in [0, 0.05) is 21.7 Å². The number of sulfonamides is 1. The largest absolute Gasteiger partial charge is 0.333 e. The third kappa shape index (κ3) is 4.38. The Kier molecular flexibility index (Phi) is 5.46. The fraction of sp³-hybridized carbons (Fsp3) is 0.105. The number of halogens is 1. The van der Waals surface area contributed by atoms with Crippen molar-refractivity contribution in [3.05, 3.63) is 70.3 Å². The second kappa shape index (κ2) is 8.03. The topological polar surface area (TPSA) is 98.0 Å². The minimum absolute atomic E-state index is 0.106. The zero-order valence-corrected chi connectivity index (χ0v) is 17.6. The highest BCUT2D eigenvalue weighted by molar-refractivity contribution is 7.89. The first-order valence-electron chi connectivity index (χ1n) is 8.52. The van der Waals surface area contributed by atoms with E-state index in [4.69, 9.17) is 16.1 Å². The van der Waals surface area contributed by atoms with Gasteiger partial charge in [-0.1, -0.05) is 22.8 Å². The molecule has 4 rings (SSSR count). The van der Waals surface area contributed by atoms with Crippen LogP contribution < -0.4 is 4.72 Å². The number of thiophene rings is 1. The molecule has 0 unspecified atom stereocenters. The van der Waals surface area contributed by atoms with Crippen molar-refractivity contribution in [2.24, 2.45) is 0 Å². The lowest BCUT2D eigenvalue weighted by atomic mass is 10.2. The van der Waals surface area contributed by atoms with Crippen LogP contribution in [-0.4, -0.2) is 23.5 Å². The van der Waals surface area contributed by atoms with Gasteiger partial charge in [0.1, 0.15) is 0 Å². The van der Waals surface area contributed by atoms with Crippen molar-refractivity contribution in [1.29, 1.82) is 0 Å². The summed E-state index contributed by atoms with van der Waals surface area (Å²) in [7, 11) is -3.71. The number of aromatic nitrogens is 3. The van der Waals surface area contributed by atoms with Crippen LogP contribution in [0.1, 0.15) is 10.6 Å². The molecule has 0 saturated heterocycles. The predicted molar refractivity (Wildman–Crippen MR) is 111 cm³/mol. The second-order valence-corrected chi connectivity index (χ2v) is 9.53. The van der Waals surface area contributed by atoms with Crippen molar-refractivity contribution in [3.63, 3.8) is 0 Å². The Bertz CT molecular complexity index is 1240. The van der Waals surface area contributed by atoms with Crippen molar-refractivity contribution in [3.8, 4) is 22.2 Å². The van der Waals surface area contributed by atoms with Crippen LogP contribution in [-0.2, 0) is 16.6 Å². The standard InChI is InChI=1S/C19H15ClN4O3S2/c1-12-17(29(25,26)22-11-15-4-2-3-9-21-15)10-16(28-12)19-23-18(24-27-19)13-5-7-14(20)8-6-13/h2-10,22H,11H2,1H3. The highest BCUT2D eigenvalue weighted by Crippen LogP contribution is 2.33. The number of hydrogen-bond acceptors (Lipinski definition) is 7.